The standard InChI is InChI=1S/C14H28N2.C2H6.CH4.B/c1-13(2,3)10-15-8-12-7-11(15)9-16(12)14(4,5)6;1-2;;/h11-12H,7-10H2,1-6H3;1-2H3;1H4;. The van der Waals surface area contributed by atoms with Gasteiger partial charge in [0.25, 0.3) is 0 Å². The minimum absolute atomic E-state index is 0. The van der Waals surface area contributed by atoms with Crippen molar-refractivity contribution in [2.24, 2.45) is 5.41 Å². The molecule has 2 saturated heterocycles. The molecule has 2 rings (SSSR count). The smallest absolute Gasteiger partial charge is 0.0244 e. The lowest BCUT2D eigenvalue weighted by Gasteiger charge is -2.43. The number of nitrogens with zero attached hydrogens (tertiary/aromatic N) is 2. The third-order valence-corrected chi connectivity index (χ3v) is 3.89. The summed E-state index contributed by atoms with van der Waals surface area (Å²) in [4.78, 5) is 5.42. The highest BCUT2D eigenvalue weighted by molar-refractivity contribution is 5.75. The van der Waals surface area contributed by atoms with E-state index in [1.165, 1.54) is 26.1 Å². The fourth-order valence-electron chi connectivity index (χ4n) is 3.37. The Bertz CT molecular complexity index is 265. The highest BCUT2D eigenvalue weighted by atomic mass is 15.4. The van der Waals surface area contributed by atoms with Crippen molar-refractivity contribution in [1.82, 2.24) is 9.80 Å². The molecule has 2 atom stereocenters. The molecule has 0 saturated carbocycles. The van der Waals surface area contributed by atoms with Gasteiger partial charge in [-0.2, -0.15) is 0 Å². The number of fused-ring (bicyclic) bond motifs is 2. The van der Waals surface area contributed by atoms with Crippen molar-refractivity contribution in [1.29, 1.82) is 0 Å². The minimum atomic E-state index is 0. The van der Waals surface area contributed by atoms with Crippen LogP contribution < -0.4 is 0 Å². The van der Waals surface area contributed by atoms with E-state index in [4.69, 9.17) is 0 Å². The second-order valence-corrected chi connectivity index (χ2v) is 7.86. The lowest BCUT2D eigenvalue weighted by Crippen LogP contribution is -2.54. The quantitative estimate of drug-likeness (QED) is 0.673. The van der Waals surface area contributed by atoms with Gasteiger partial charge in [0.05, 0.1) is 0 Å². The van der Waals surface area contributed by atoms with Crippen molar-refractivity contribution in [2.75, 3.05) is 19.6 Å². The molecule has 3 radical (unpaired) electrons. The predicted octanol–water partition coefficient (Wildman–Crippen LogP) is 3.87. The molecule has 2 bridgehead atoms. The summed E-state index contributed by atoms with van der Waals surface area (Å²) < 4.78 is 0. The highest BCUT2D eigenvalue weighted by Gasteiger charge is 2.47. The molecule has 0 aromatic carbocycles. The first-order chi connectivity index (χ1) is 8.17. The minimum Gasteiger partial charge on any atom is -0.297 e. The Morgan fingerprint density at radius 1 is 0.900 bits per heavy atom. The summed E-state index contributed by atoms with van der Waals surface area (Å²) >= 11 is 0. The zero-order chi connectivity index (χ0) is 14.1. The van der Waals surface area contributed by atoms with Crippen LogP contribution in [0.5, 0.6) is 0 Å². The Kier molecular flexibility index (Phi) is 8.73. The normalized spacial score (nSPS) is 26.4. The van der Waals surface area contributed by atoms with Gasteiger partial charge < -0.3 is 0 Å². The molecule has 20 heavy (non-hydrogen) atoms. The van der Waals surface area contributed by atoms with Gasteiger partial charge in [0.2, 0.25) is 0 Å². The third-order valence-electron chi connectivity index (χ3n) is 3.89. The van der Waals surface area contributed by atoms with Crippen LogP contribution in [0, 0.1) is 5.41 Å². The second-order valence-electron chi connectivity index (χ2n) is 7.86. The van der Waals surface area contributed by atoms with Crippen LogP contribution in [0.3, 0.4) is 0 Å². The second kappa shape index (κ2) is 7.84. The molecule has 2 unspecified atom stereocenters. The fourth-order valence-corrected chi connectivity index (χ4v) is 3.37. The molecule has 2 aliphatic rings. The monoisotopic (exact) mass is 281 g/mol. The number of rotatable bonds is 1. The molecule has 2 fully saturated rings. The van der Waals surface area contributed by atoms with Gasteiger partial charge in [-0.25, -0.2) is 0 Å². The molecule has 2 heterocycles. The maximum Gasteiger partial charge on any atom is 0.0244 e. The predicted molar refractivity (Wildman–Crippen MR) is 93.5 cm³/mol. The third kappa shape index (κ3) is 5.40. The van der Waals surface area contributed by atoms with Crippen molar-refractivity contribution in [3.05, 3.63) is 0 Å². The molecular weight excluding hydrogens is 243 g/mol. The maximum atomic E-state index is 2.72. The van der Waals surface area contributed by atoms with E-state index in [-0.39, 0.29) is 15.8 Å². The SMILES string of the molecule is C.CC.CC(C)(C)CN1CC2CC1CN2C(C)(C)C.[B]. The Labute approximate surface area is 130 Å². The average Bonchev–Trinajstić information content (AvgIpc) is 2.75. The van der Waals surface area contributed by atoms with Crippen molar-refractivity contribution < 1.29 is 0 Å². The van der Waals surface area contributed by atoms with E-state index in [9.17, 15) is 0 Å². The van der Waals surface area contributed by atoms with Crippen LogP contribution in [0.25, 0.3) is 0 Å². The summed E-state index contributed by atoms with van der Waals surface area (Å²) in [5, 5.41) is 0. The molecule has 0 spiro atoms. The Hall–Kier alpha value is -0.0151. The topological polar surface area (TPSA) is 6.48 Å². The van der Waals surface area contributed by atoms with Gasteiger partial charge in [0.15, 0.2) is 0 Å². The van der Waals surface area contributed by atoms with Crippen molar-refractivity contribution in [2.45, 2.75) is 86.9 Å². The van der Waals surface area contributed by atoms with E-state index < -0.39 is 0 Å². The molecule has 0 aromatic rings. The van der Waals surface area contributed by atoms with E-state index in [1.807, 2.05) is 13.8 Å². The van der Waals surface area contributed by atoms with E-state index in [1.54, 1.807) is 0 Å². The van der Waals surface area contributed by atoms with Gasteiger partial charge in [-0.15, -0.1) is 0 Å². The van der Waals surface area contributed by atoms with Crippen LogP contribution >= 0.6 is 0 Å². The molecule has 119 valence electrons. The average molecular weight is 281 g/mol. The van der Waals surface area contributed by atoms with Crippen LogP contribution in [0.2, 0.25) is 0 Å². The van der Waals surface area contributed by atoms with E-state index >= 15 is 0 Å². The van der Waals surface area contributed by atoms with Gasteiger partial charge in [0.1, 0.15) is 0 Å². The Morgan fingerprint density at radius 2 is 1.40 bits per heavy atom. The Morgan fingerprint density at radius 3 is 1.70 bits per heavy atom. The summed E-state index contributed by atoms with van der Waals surface area (Å²) in [5.41, 5.74) is 0.796. The lowest BCUT2D eigenvalue weighted by molar-refractivity contribution is 0.0443. The van der Waals surface area contributed by atoms with Gasteiger partial charge in [0, 0.05) is 45.7 Å². The molecule has 0 N–H and O–H groups in total. The summed E-state index contributed by atoms with van der Waals surface area (Å²) in [6.45, 7) is 21.9. The van der Waals surface area contributed by atoms with Crippen molar-refractivity contribution in [3.63, 3.8) is 0 Å². The number of piperazine rings is 1. The number of hydrogen-bond donors (Lipinski definition) is 0. The molecule has 2 nitrogen and oxygen atoms in total. The molecule has 3 heteroatoms. The van der Waals surface area contributed by atoms with Crippen LogP contribution in [0.4, 0.5) is 0 Å². The highest BCUT2D eigenvalue weighted by Crippen LogP contribution is 2.36. The first-order valence-corrected chi connectivity index (χ1v) is 7.68. The van der Waals surface area contributed by atoms with E-state index in [0.29, 0.717) is 11.0 Å². The Balaban J connectivity index is 0. The van der Waals surface area contributed by atoms with E-state index in [2.05, 4.69) is 51.3 Å². The van der Waals surface area contributed by atoms with Crippen LogP contribution in [-0.2, 0) is 0 Å². The van der Waals surface area contributed by atoms with Gasteiger partial charge in [-0.05, 0) is 32.6 Å². The largest absolute Gasteiger partial charge is 0.297 e. The van der Waals surface area contributed by atoms with Crippen molar-refractivity contribution in [3.8, 4) is 0 Å². The maximum absolute atomic E-state index is 2.72. The van der Waals surface area contributed by atoms with Crippen LogP contribution in [0.1, 0.15) is 69.2 Å². The molecule has 0 amide bonds. The molecular formula is C17H38BN2. The first kappa shape index (κ1) is 22.3. The van der Waals surface area contributed by atoms with Crippen LogP contribution in [0.15, 0.2) is 0 Å². The van der Waals surface area contributed by atoms with Gasteiger partial charge in [-0.1, -0.05) is 42.0 Å². The summed E-state index contributed by atoms with van der Waals surface area (Å²) in [6.07, 6.45) is 1.40. The summed E-state index contributed by atoms with van der Waals surface area (Å²) in [5.74, 6) is 0. The number of hydrogen-bond acceptors (Lipinski definition) is 2. The van der Waals surface area contributed by atoms with Gasteiger partial charge in [-0.3, -0.25) is 9.80 Å². The lowest BCUT2D eigenvalue weighted by atomic mass is 9.95. The fraction of sp³-hybridized carbons (Fsp3) is 1.00. The first-order valence-electron chi connectivity index (χ1n) is 7.68. The summed E-state index contributed by atoms with van der Waals surface area (Å²) in [7, 11) is 0. The zero-order valence-electron chi connectivity index (χ0n) is 14.5. The molecule has 0 aliphatic carbocycles. The molecule has 0 aromatic heterocycles. The molecule has 2 aliphatic heterocycles. The van der Waals surface area contributed by atoms with Crippen molar-refractivity contribution >= 4 is 8.41 Å². The van der Waals surface area contributed by atoms with E-state index in [0.717, 1.165) is 12.1 Å². The number of likely N-dealkylation sites (tertiary alicyclic amines) is 2. The van der Waals surface area contributed by atoms with Crippen LogP contribution in [-0.4, -0.2) is 55.5 Å². The van der Waals surface area contributed by atoms with Gasteiger partial charge >= 0.3 is 0 Å². The zero-order valence-corrected chi connectivity index (χ0v) is 14.5. The summed E-state index contributed by atoms with van der Waals surface area (Å²) in [6, 6.07) is 1.63.